The van der Waals surface area contributed by atoms with Crippen molar-refractivity contribution in [3.8, 4) is 0 Å². The van der Waals surface area contributed by atoms with Crippen LogP contribution in [0.4, 0.5) is 0 Å². The molecule has 0 amide bonds. The first kappa shape index (κ1) is 15.7. The maximum absolute atomic E-state index is 13.5. The van der Waals surface area contributed by atoms with E-state index in [-0.39, 0.29) is 5.56 Å². The van der Waals surface area contributed by atoms with E-state index in [0.717, 1.165) is 43.6 Å². The van der Waals surface area contributed by atoms with Gasteiger partial charge in [0, 0.05) is 16.2 Å². The van der Waals surface area contributed by atoms with Crippen molar-refractivity contribution in [1.29, 1.82) is 0 Å². The zero-order chi connectivity index (χ0) is 19.8. The lowest BCUT2D eigenvalue weighted by molar-refractivity contribution is 0.673. The SMILES string of the molecule is O=c1c2ccccc2nc2c3c(ccc4c5ccccc5oc43)c3ccccc3n12. The number of para-hydroxylation sites is 3. The second kappa shape index (κ2) is 5.45. The first-order chi connectivity index (χ1) is 14.8. The summed E-state index contributed by atoms with van der Waals surface area (Å²) in [6.07, 6.45) is 0. The third-order valence-corrected chi connectivity index (χ3v) is 5.98. The Bertz CT molecular complexity index is 1880. The lowest BCUT2D eigenvalue weighted by Crippen LogP contribution is -2.16. The molecule has 4 heteroatoms. The van der Waals surface area contributed by atoms with Gasteiger partial charge in [0.15, 0.2) is 5.65 Å². The van der Waals surface area contributed by atoms with Crippen molar-refractivity contribution in [2.45, 2.75) is 0 Å². The molecule has 0 N–H and O–H groups in total. The number of hydrogen-bond acceptors (Lipinski definition) is 3. The van der Waals surface area contributed by atoms with Crippen molar-refractivity contribution in [1.82, 2.24) is 9.38 Å². The molecule has 30 heavy (non-hydrogen) atoms. The molecule has 140 valence electrons. The zero-order valence-corrected chi connectivity index (χ0v) is 15.8. The summed E-state index contributed by atoms with van der Waals surface area (Å²) in [5.74, 6) is 0. The molecule has 7 rings (SSSR count). The van der Waals surface area contributed by atoms with Gasteiger partial charge >= 0.3 is 0 Å². The highest BCUT2D eigenvalue weighted by Crippen LogP contribution is 2.38. The summed E-state index contributed by atoms with van der Waals surface area (Å²) in [7, 11) is 0. The largest absolute Gasteiger partial charge is 0.455 e. The smallest absolute Gasteiger partial charge is 0.266 e. The molecule has 0 atom stereocenters. The van der Waals surface area contributed by atoms with E-state index in [0.29, 0.717) is 16.6 Å². The number of hydrogen-bond donors (Lipinski definition) is 0. The van der Waals surface area contributed by atoms with Gasteiger partial charge in [0.05, 0.1) is 21.8 Å². The summed E-state index contributed by atoms with van der Waals surface area (Å²) < 4.78 is 8.05. The van der Waals surface area contributed by atoms with Gasteiger partial charge in [-0.2, -0.15) is 0 Å². The van der Waals surface area contributed by atoms with Gasteiger partial charge in [-0.3, -0.25) is 9.20 Å². The maximum atomic E-state index is 13.5. The van der Waals surface area contributed by atoms with Crippen LogP contribution in [-0.4, -0.2) is 9.38 Å². The topological polar surface area (TPSA) is 47.5 Å². The second-order valence-electron chi connectivity index (χ2n) is 7.57. The van der Waals surface area contributed by atoms with Crippen molar-refractivity contribution < 1.29 is 4.42 Å². The highest BCUT2D eigenvalue weighted by atomic mass is 16.3. The lowest BCUT2D eigenvalue weighted by Gasteiger charge is -2.12. The average Bonchev–Trinajstić information content (AvgIpc) is 3.18. The molecule has 7 aromatic rings. The molecular weight excluding hydrogens is 372 g/mol. The molecule has 0 bridgehead atoms. The summed E-state index contributed by atoms with van der Waals surface area (Å²) >= 11 is 0. The summed E-state index contributed by atoms with van der Waals surface area (Å²) in [5.41, 5.74) is 3.68. The second-order valence-corrected chi connectivity index (χ2v) is 7.57. The van der Waals surface area contributed by atoms with E-state index in [4.69, 9.17) is 9.40 Å². The highest BCUT2D eigenvalue weighted by Gasteiger charge is 2.18. The Morgan fingerprint density at radius 2 is 1.37 bits per heavy atom. The molecule has 0 aliphatic rings. The predicted molar refractivity (Wildman–Crippen MR) is 121 cm³/mol. The van der Waals surface area contributed by atoms with Crippen LogP contribution in [-0.2, 0) is 0 Å². The Balaban J connectivity index is 1.90. The van der Waals surface area contributed by atoms with Crippen LogP contribution in [0.2, 0.25) is 0 Å². The van der Waals surface area contributed by atoms with Crippen LogP contribution < -0.4 is 5.56 Å². The minimum atomic E-state index is -0.0678. The van der Waals surface area contributed by atoms with Crippen LogP contribution in [0.3, 0.4) is 0 Å². The van der Waals surface area contributed by atoms with Crippen LogP contribution in [0.25, 0.3) is 60.2 Å². The number of rotatable bonds is 0. The monoisotopic (exact) mass is 386 g/mol. The molecule has 0 radical (unpaired) electrons. The minimum Gasteiger partial charge on any atom is -0.455 e. The fourth-order valence-corrected chi connectivity index (χ4v) is 4.66. The predicted octanol–water partition coefficient (Wildman–Crippen LogP) is 6.05. The number of fused-ring (bicyclic) bond motifs is 11. The van der Waals surface area contributed by atoms with Gasteiger partial charge < -0.3 is 4.42 Å². The highest BCUT2D eigenvalue weighted by molar-refractivity contribution is 6.24. The van der Waals surface area contributed by atoms with Crippen molar-refractivity contribution in [3.63, 3.8) is 0 Å². The first-order valence-corrected chi connectivity index (χ1v) is 9.87. The van der Waals surface area contributed by atoms with E-state index in [2.05, 4.69) is 18.2 Å². The summed E-state index contributed by atoms with van der Waals surface area (Å²) in [4.78, 5) is 18.5. The van der Waals surface area contributed by atoms with Crippen molar-refractivity contribution in [3.05, 3.63) is 95.3 Å². The van der Waals surface area contributed by atoms with E-state index in [9.17, 15) is 4.79 Å². The molecule has 3 aromatic heterocycles. The third kappa shape index (κ3) is 1.85. The Labute approximate surface area is 169 Å². The lowest BCUT2D eigenvalue weighted by atomic mass is 10.0. The number of furan rings is 1. The summed E-state index contributed by atoms with van der Waals surface area (Å²) in [6, 6.07) is 27.7. The molecule has 4 nitrogen and oxygen atoms in total. The minimum absolute atomic E-state index is 0.0678. The van der Waals surface area contributed by atoms with Crippen LogP contribution in [0.5, 0.6) is 0 Å². The Morgan fingerprint density at radius 3 is 2.27 bits per heavy atom. The maximum Gasteiger partial charge on any atom is 0.266 e. The first-order valence-electron chi connectivity index (χ1n) is 9.87. The van der Waals surface area contributed by atoms with Crippen LogP contribution in [0, 0.1) is 0 Å². The van der Waals surface area contributed by atoms with Crippen molar-refractivity contribution >= 4 is 60.2 Å². The number of pyridine rings is 1. The molecule has 0 aliphatic carbocycles. The standard InChI is InChI=1S/C26H14N2O2/c29-26-19-9-1-4-10-20(19)27-25-23-17(15-7-2-5-11-21(15)28(25)26)13-14-18-16-8-3-6-12-22(16)30-24(18)23/h1-14H. The van der Waals surface area contributed by atoms with Gasteiger partial charge in [0.2, 0.25) is 0 Å². The summed E-state index contributed by atoms with van der Waals surface area (Å²) in [6.45, 7) is 0. The molecular formula is C26H14N2O2. The Kier molecular flexibility index (Phi) is 2.86. The quantitative estimate of drug-likeness (QED) is 0.235. The number of aromatic nitrogens is 2. The van der Waals surface area contributed by atoms with Gasteiger partial charge in [-0.25, -0.2) is 4.98 Å². The van der Waals surface area contributed by atoms with Gasteiger partial charge in [-0.05, 0) is 35.7 Å². The van der Waals surface area contributed by atoms with Crippen LogP contribution >= 0.6 is 0 Å². The van der Waals surface area contributed by atoms with Crippen molar-refractivity contribution in [2.24, 2.45) is 0 Å². The molecule has 0 saturated heterocycles. The normalized spacial score (nSPS) is 12.1. The van der Waals surface area contributed by atoms with E-state index in [1.807, 2.05) is 66.7 Å². The number of benzene rings is 4. The van der Waals surface area contributed by atoms with E-state index in [1.54, 1.807) is 4.40 Å². The average molecular weight is 386 g/mol. The Morgan fingerprint density at radius 1 is 0.667 bits per heavy atom. The molecule has 0 saturated carbocycles. The van der Waals surface area contributed by atoms with Gasteiger partial charge in [-0.1, -0.05) is 54.6 Å². The Hall–Kier alpha value is -4.18. The van der Waals surface area contributed by atoms with Crippen LogP contribution in [0.15, 0.2) is 94.1 Å². The zero-order valence-electron chi connectivity index (χ0n) is 15.8. The van der Waals surface area contributed by atoms with Gasteiger partial charge in [-0.15, -0.1) is 0 Å². The van der Waals surface area contributed by atoms with E-state index >= 15 is 0 Å². The molecule has 0 aliphatic heterocycles. The van der Waals surface area contributed by atoms with E-state index < -0.39 is 0 Å². The van der Waals surface area contributed by atoms with Crippen molar-refractivity contribution in [2.75, 3.05) is 0 Å². The summed E-state index contributed by atoms with van der Waals surface area (Å²) in [5, 5.41) is 5.59. The molecule has 0 spiro atoms. The fraction of sp³-hybridized carbons (Fsp3) is 0. The van der Waals surface area contributed by atoms with Gasteiger partial charge in [0.1, 0.15) is 11.2 Å². The number of nitrogens with zero attached hydrogens (tertiary/aromatic N) is 2. The third-order valence-electron chi connectivity index (χ3n) is 5.98. The molecule has 0 fully saturated rings. The molecule has 3 heterocycles. The molecule has 0 unspecified atom stereocenters. The molecule has 4 aromatic carbocycles. The van der Waals surface area contributed by atoms with Crippen LogP contribution in [0.1, 0.15) is 0 Å². The fourth-order valence-electron chi connectivity index (χ4n) is 4.66. The van der Waals surface area contributed by atoms with E-state index in [1.165, 1.54) is 0 Å². The van der Waals surface area contributed by atoms with Gasteiger partial charge in [0.25, 0.3) is 5.56 Å².